The van der Waals surface area contributed by atoms with Crippen LogP contribution in [0.4, 0.5) is 0 Å². The third kappa shape index (κ3) is 2.09. The lowest BCUT2D eigenvalue weighted by molar-refractivity contribution is 0.607. The molecule has 6 heteroatoms. The van der Waals surface area contributed by atoms with Gasteiger partial charge in [-0.3, -0.25) is 5.10 Å². The van der Waals surface area contributed by atoms with Gasteiger partial charge in [0, 0.05) is 16.4 Å². The van der Waals surface area contributed by atoms with Crippen molar-refractivity contribution in [2.24, 2.45) is 0 Å². The number of aromatic amines is 1. The van der Waals surface area contributed by atoms with Crippen molar-refractivity contribution in [1.29, 1.82) is 0 Å². The van der Waals surface area contributed by atoms with E-state index in [0.29, 0.717) is 5.69 Å². The molecule has 78 valence electrons. The van der Waals surface area contributed by atoms with Crippen LogP contribution in [-0.2, 0) is 27.6 Å². The maximum absolute atomic E-state index is 10.9. The summed E-state index contributed by atoms with van der Waals surface area (Å²) < 4.78 is 21.8. The first-order chi connectivity index (χ1) is 6.56. The van der Waals surface area contributed by atoms with Crippen LogP contribution in [0.5, 0.6) is 0 Å². The number of nitrogens with zero attached hydrogens (tertiary/aromatic N) is 1. The first-order valence-electron chi connectivity index (χ1n) is 4.53. The molecule has 1 aromatic heterocycles. The average Bonchev–Trinajstić information content (AvgIpc) is 2.47. The number of aryl methyl sites for hydroxylation is 1. The van der Waals surface area contributed by atoms with Crippen molar-refractivity contribution in [3.8, 4) is 0 Å². The van der Waals surface area contributed by atoms with Crippen molar-refractivity contribution in [3.63, 3.8) is 0 Å². The molecular formula is C8H11ClN2O2S. The SMILES string of the molecule is O=S(=O)(Cl)Cc1n[nH]c2c1CCCC2. The molecule has 0 bridgehead atoms. The summed E-state index contributed by atoms with van der Waals surface area (Å²) in [6.07, 6.45) is 4.11. The Balaban J connectivity index is 2.31. The van der Waals surface area contributed by atoms with E-state index in [-0.39, 0.29) is 5.75 Å². The number of nitrogens with one attached hydrogen (secondary N) is 1. The van der Waals surface area contributed by atoms with Gasteiger partial charge in [-0.25, -0.2) is 8.42 Å². The molecule has 14 heavy (non-hydrogen) atoms. The molecule has 1 heterocycles. The molecule has 1 N–H and O–H groups in total. The predicted octanol–water partition coefficient (Wildman–Crippen LogP) is 1.36. The maximum Gasteiger partial charge on any atom is 0.238 e. The highest BCUT2D eigenvalue weighted by atomic mass is 35.7. The molecule has 1 aromatic rings. The lowest BCUT2D eigenvalue weighted by Crippen LogP contribution is -2.04. The number of H-pyrrole nitrogens is 1. The molecule has 1 aliphatic carbocycles. The Bertz CT molecular complexity index is 438. The van der Waals surface area contributed by atoms with Crippen LogP contribution in [-0.4, -0.2) is 18.6 Å². The number of halogens is 1. The molecule has 0 spiro atoms. The molecule has 0 aromatic carbocycles. The zero-order chi connectivity index (χ0) is 10.2. The molecule has 4 nitrogen and oxygen atoms in total. The molecular weight excluding hydrogens is 224 g/mol. The summed E-state index contributed by atoms with van der Waals surface area (Å²) in [6, 6.07) is 0. The smallest absolute Gasteiger partial charge is 0.238 e. The van der Waals surface area contributed by atoms with Crippen LogP contribution in [0.15, 0.2) is 0 Å². The van der Waals surface area contributed by atoms with Crippen molar-refractivity contribution >= 4 is 19.7 Å². The highest BCUT2D eigenvalue weighted by Crippen LogP contribution is 2.23. The van der Waals surface area contributed by atoms with E-state index in [0.717, 1.165) is 36.9 Å². The highest BCUT2D eigenvalue weighted by molar-refractivity contribution is 8.13. The van der Waals surface area contributed by atoms with Crippen molar-refractivity contribution in [2.75, 3.05) is 0 Å². The van der Waals surface area contributed by atoms with E-state index in [9.17, 15) is 8.42 Å². The van der Waals surface area contributed by atoms with Crippen LogP contribution >= 0.6 is 10.7 Å². The monoisotopic (exact) mass is 234 g/mol. The van der Waals surface area contributed by atoms with Gasteiger partial charge < -0.3 is 0 Å². The second kappa shape index (κ2) is 3.55. The Morgan fingerprint density at radius 1 is 1.36 bits per heavy atom. The third-order valence-electron chi connectivity index (χ3n) is 2.45. The molecule has 0 atom stereocenters. The number of fused-ring (bicyclic) bond motifs is 1. The fraction of sp³-hybridized carbons (Fsp3) is 0.625. The molecule has 1 aliphatic rings. The van der Waals surface area contributed by atoms with Crippen LogP contribution in [0, 0.1) is 0 Å². The minimum absolute atomic E-state index is 0.166. The van der Waals surface area contributed by atoms with E-state index in [2.05, 4.69) is 10.2 Å². The summed E-state index contributed by atoms with van der Waals surface area (Å²) in [5.74, 6) is -0.166. The largest absolute Gasteiger partial charge is 0.282 e. The molecule has 2 rings (SSSR count). The van der Waals surface area contributed by atoms with Crippen molar-refractivity contribution < 1.29 is 8.42 Å². The Morgan fingerprint density at radius 2 is 2.07 bits per heavy atom. The van der Waals surface area contributed by atoms with E-state index in [1.165, 1.54) is 0 Å². The number of hydrogen-bond acceptors (Lipinski definition) is 3. The van der Waals surface area contributed by atoms with Crippen molar-refractivity contribution in [3.05, 3.63) is 17.0 Å². The molecule has 0 radical (unpaired) electrons. The van der Waals surface area contributed by atoms with Gasteiger partial charge in [0.2, 0.25) is 9.05 Å². The Kier molecular flexibility index (Phi) is 2.53. The molecule has 0 amide bonds. The van der Waals surface area contributed by atoms with E-state index in [1.807, 2.05) is 0 Å². The van der Waals surface area contributed by atoms with Gasteiger partial charge in [-0.2, -0.15) is 5.10 Å². The van der Waals surface area contributed by atoms with Gasteiger partial charge in [-0.1, -0.05) is 0 Å². The van der Waals surface area contributed by atoms with Gasteiger partial charge in [-0.15, -0.1) is 0 Å². The van der Waals surface area contributed by atoms with Gasteiger partial charge in [-0.05, 0) is 31.2 Å². The minimum Gasteiger partial charge on any atom is -0.282 e. The second-order valence-corrected chi connectivity index (χ2v) is 6.29. The average molecular weight is 235 g/mol. The number of rotatable bonds is 2. The summed E-state index contributed by atoms with van der Waals surface area (Å²) in [5.41, 5.74) is 2.72. The van der Waals surface area contributed by atoms with Gasteiger partial charge in [0.15, 0.2) is 0 Å². The topological polar surface area (TPSA) is 62.8 Å². The Morgan fingerprint density at radius 3 is 2.79 bits per heavy atom. The Hall–Kier alpha value is -0.550. The fourth-order valence-corrected chi connectivity index (χ4v) is 2.71. The van der Waals surface area contributed by atoms with Gasteiger partial charge in [0.05, 0.1) is 5.69 Å². The number of hydrogen-bond donors (Lipinski definition) is 1. The molecule has 0 aliphatic heterocycles. The lowest BCUT2D eigenvalue weighted by Gasteiger charge is -2.10. The first kappa shape index (κ1) is 9.98. The van der Waals surface area contributed by atoms with Crippen LogP contribution in [0.1, 0.15) is 29.8 Å². The second-order valence-electron chi connectivity index (χ2n) is 3.52. The standard InChI is InChI=1S/C8H11ClN2O2S/c9-14(12,13)5-8-6-3-1-2-4-7(6)10-11-8/h1-5H2,(H,10,11). The lowest BCUT2D eigenvalue weighted by atomic mass is 9.96. The summed E-state index contributed by atoms with van der Waals surface area (Å²) in [6.45, 7) is 0. The molecule has 0 fully saturated rings. The summed E-state index contributed by atoms with van der Waals surface area (Å²) >= 11 is 0. The summed E-state index contributed by atoms with van der Waals surface area (Å²) in [7, 11) is 1.69. The first-order valence-corrected chi connectivity index (χ1v) is 7.01. The quantitative estimate of drug-likeness (QED) is 0.786. The van der Waals surface area contributed by atoms with Gasteiger partial charge in [0.1, 0.15) is 5.75 Å². The highest BCUT2D eigenvalue weighted by Gasteiger charge is 2.20. The van der Waals surface area contributed by atoms with Crippen molar-refractivity contribution in [1.82, 2.24) is 10.2 Å². The van der Waals surface area contributed by atoms with Crippen LogP contribution < -0.4 is 0 Å². The van der Waals surface area contributed by atoms with E-state index in [1.54, 1.807) is 0 Å². The molecule has 0 saturated carbocycles. The Labute approximate surface area is 87.1 Å². The van der Waals surface area contributed by atoms with Crippen molar-refractivity contribution in [2.45, 2.75) is 31.4 Å². The fourth-order valence-electron chi connectivity index (χ4n) is 1.83. The van der Waals surface area contributed by atoms with E-state index < -0.39 is 9.05 Å². The minimum atomic E-state index is -3.49. The third-order valence-corrected chi connectivity index (χ3v) is 3.40. The number of aromatic nitrogens is 2. The van der Waals surface area contributed by atoms with E-state index in [4.69, 9.17) is 10.7 Å². The summed E-state index contributed by atoms with van der Waals surface area (Å²) in [4.78, 5) is 0. The maximum atomic E-state index is 10.9. The van der Waals surface area contributed by atoms with Gasteiger partial charge in [0.25, 0.3) is 0 Å². The molecule has 0 unspecified atom stereocenters. The zero-order valence-corrected chi connectivity index (χ0v) is 9.16. The van der Waals surface area contributed by atoms with Gasteiger partial charge >= 0.3 is 0 Å². The normalized spacial score (nSPS) is 16.6. The molecule has 0 saturated heterocycles. The van der Waals surface area contributed by atoms with Crippen LogP contribution in [0.2, 0.25) is 0 Å². The van der Waals surface area contributed by atoms with Crippen LogP contribution in [0.3, 0.4) is 0 Å². The zero-order valence-electron chi connectivity index (χ0n) is 7.59. The summed E-state index contributed by atoms with van der Waals surface area (Å²) in [5, 5.41) is 6.87. The predicted molar refractivity (Wildman–Crippen MR) is 53.7 cm³/mol. The van der Waals surface area contributed by atoms with Crippen LogP contribution in [0.25, 0.3) is 0 Å². The van der Waals surface area contributed by atoms with E-state index >= 15 is 0 Å².